The molecule has 1 aromatic carbocycles. The molecule has 0 aliphatic carbocycles. The van der Waals surface area contributed by atoms with Gasteiger partial charge < -0.3 is 0 Å². The van der Waals surface area contributed by atoms with Gasteiger partial charge in [-0.05, 0) is 25.5 Å². The van der Waals surface area contributed by atoms with E-state index in [0.29, 0.717) is 12.0 Å². The summed E-state index contributed by atoms with van der Waals surface area (Å²) in [5.41, 5.74) is 0.533. The lowest BCUT2D eigenvalue weighted by Crippen LogP contribution is -2.06. The first-order chi connectivity index (χ1) is 6.97. The van der Waals surface area contributed by atoms with Crippen LogP contribution in [-0.2, 0) is 9.84 Å². The van der Waals surface area contributed by atoms with E-state index >= 15 is 0 Å². The molecule has 3 nitrogen and oxygen atoms in total. The monoisotopic (exact) mass is 226 g/mol. The molecule has 0 bridgehead atoms. The zero-order valence-electron chi connectivity index (χ0n) is 8.86. The van der Waals surface area contributed by atoms with E-state index in [4.69, 9.17) is 0 Å². The van der Waals surface area contributed by atoms with Crippen LogP contribution in [0.15, 0.2) is 29.2 Å². The predicted molar refractivity (Wildman–Crippen MR) is 58.8 cm³/mol. The number of sulfone groups is 1. The van der Waals surface area contributed by atoms with Gasteiger partial charge in [0, 0.05) is 5.56 Å². The number of benzene rings is 1. The quantitative estimate of drug-likeness (QED) is 0.738. The molecule has 0 aromatic heterocycles. The minimum absolute atomic E-state index is 0.0607. The lowest BCUT2D eigenvalue weighted by atomic mass is 10.2. The summed E-state index contributed by atoms with van der Waals surface area (Å²) in [6.07, 6.45) is 0.594. The Hall–Kier alpha value is -1.16. The second-order valence-corrected chi connectivity index (χ2v) is 5.51. The van der Waals surface area contributed by atoms with Gasteiger partial charge in [0.1, 0.15) is 0 Å². The molecule has 0 heterocycles. The number of Topliss-reactive ketones (excluding diaryl/α,β-unsaturated/α-hetero) is 1. The smallest absolute Gasteiger partial charge is 0.178 e. The predicted octanol–water partition coefficient (Wildman–Crippen LogP) is 2.07. The highest BCUT2D eigenvalue weighted by Gasteiger charge is 2.12. The van der Waals surface area contributed by atoms with Crippen molar-refractivity contribution in [1.29, 1.82) is 0 Å². The van der Waals surface area contributed by atoms with Crippen LogP contribution in [0.5, 0.6) is 0 Å². The summed E-state index contributed by atoms with van der Waals surface area (Å²) >= 11 is 0. The Morgan fingerprint density at radius 2 is 1.73 bits per heavy atom. The van der Waals surface area contributed by atoms with E-state index in [1.807, 2.05) is 6.92 Å². The number of rotatable bonds is 4. The van der Waals surface area contributed by atoms with Crippen molar-refractivity contribution in [2.45, 2.75) is 25.2 Å². The Kier molecular flexibility index (Phi) is 3.63. The van der Waals surface area contributed by atoms with Crippen molar-refractivity contribution in [2.24, 2.45) is 0 Å². The average Bonchev–Trinajstić information content (AvgIpc) is 2.18. The third-order valence-corrected chi connectivity index (χ3v) is 4.03. The fraction of sp³-hybridized carbons (Fsp3) is 0.364. The van der Waals surface area contributed by atoms with Gasteiger partial charge in [-0.15, -0.1) is 0 Å². The standard InChI is InChI=1S/C11H14O3S/c1-3-8-15(13,14)11-6-4-10(5-7-11)9(2)12/h4-7H,3,8H2,1-2H3. The zero-order valence-corrected chi connectivity index (χ0v) is 9.67. The van der Waals surface area contributed by atoms with Crippen molar-refractivity contribution in [3.05, 3.63) is 29.8 Å². The Morgan fingerprint density at radius 1 is 1.20 bits per heavy atom. The minimum Gasteiger partial charge on any atom is -0.295 e. The molecule has 0 atom stereocenters. The summed E-state index contributed by atoms with van der Waals surface area (Å²) in [4.78, 5) is 11.3. The Labute approximate surface area is 90.0 Å². The fourth-order valence-electron chi connectivity index (χ4n) is 1.28. The molecular formula is C11H14O3S. The number of carbonyl (C=O) groups excluding carboxylic acids is 1. The van der Waals surface area contributed by atoms with Crippen molar-refractivity contribution in [2.75, 3.05) is 5.75 Å². The van der Waals surface area contributed by atoms with E-state index in [1.54, 1.807) is 12.1 Å². The Balaban J connectivity index is 3.04. The SMILES string of the molecule is CCCS(=O)(=O)c1ccc(C(C)=O)cc1. The van der Waals surface area contributed by atoms with Crippen LogP contribution in [0.3, 0.4) is 0 Å². The molecule has 0 unspecified atom stereocenters. The highest BCUT2D eigenvalue weighted by atomic mass is 32.2. The first kappa shape index (κ1) is 11.9. The summed E-state index contributed by atoms with van der Waals surface area (Å²) in [6, 6.07) is 6.07. The van der Waals surface area contributed by atoms with Gasteiger partial charge in [-0.2, -0.15) is 0 Å². The molecule has 0 spiro atoms. The molecule has 0 aliphatic rings. The molecule has 4 heteroatoms. The van der Waals surface area contributed by atoms with Crippen LogP contribution in [0.2, 0.25) is 0 Å². The Bertz CT molecular complexity index is 443. The lowest BCUT2D eigenvalue weighted by Gasteiger charge is -2.03. The number of carbonyl (C=O) groups is 1. The average molecular weight is 226 g/mol. The molecular weight excluding hydrogens is 212 g/mol. The Morgan fingerprint density at radius 3 is 2.13 bits per heavy atom. The second kappa shape index (κ2) is 4.57. The third kappa shape index (κ3) is 2.89. The molecule has 0 amide bonds. The molecule has 0 aliphatic heterocycles. The van der Waals surface area contributed by atoms with Gasteiger partial charge in [0.15, 0.2) is 15.6 Å². The first-order valence-electron chi connectivity index (χ1n) is 4.81. The molecule has 82 valence electrons. The van der Waals surface area contributed by atoms with Crippen molar-refractivity contribution < 1.29 is 13.2 Å². The van der Waals surface area contributed by atoms with Gasteiger partial charge >= 0.3 is 0 Å². The lowest BCUT2D eigenvalue weighted by molar-refractivity contribution is 0.101. The molecule has 0 radical (unpaired) electrons. The van der Waals surface area contributed by atoms with E-state index in [9.17, 15) is 13.2 Å². The first-order valence-corrected chi connectivity index (χ1v) is 6.46. The summed E-state index contributed by atoms with van der Waals surface area (Å²) in [6.45, 7) is 3.27. The summed E-state index contributed by atoms with van der Waals surface area (Å²) in [5, 5.41) is 0. The fourth-order valence-corrected chi connectivity index (χ4v) is 2.61. The summed E-state index contributed by atoms with van der Waals surface area (Å²) in [7, 11) is -3.16. The van der Waals surface area contributed by atoms with Crippen molar-refractivity contribution in [1.82, 2.24) is 0 Å². The van der Waals surface area contributed by atoms with Gasteiger partial charge in [-0.25, -0.2) is 8.42 Å². The molecule has 0 saturated heterocycles. The van der Waals surface area contributed by atoms with Crippen molar-refractivity contribution >= 4 is 15.6 Å². The number of hydrogen-bond donors (Lipinski definition) is 0. The van der Waals surface area contributed by atoms with Gasteiger partial charge in [-0.1, -0.05) is 19.1 Å². The maximum Gasteiger partial charge on any atom is 0.178 e. The minimum atomic E-state index is -3.16. The van der Waals surface area contributed by atoms with E-state index in [2.05, 4.69) is 0 Å². The van der Waals surface area contributed by atoms with Gasteiger partial charge in [0.05, 0.1) is 10.6 Å². The number of hydrogen-bond acceptors (Lipinski definition) is 3. The third-order valence-electron chi connectivity index (χ3n) is 2.09. The van der Waals surface area contributed by atoms with Crippen LogP contribution >= 0.6 is 0 Å². The second-order valence-electron chi connectivity index (χ2n) is 3.40. The van der Waals surface area contributed by atoms with Crippen LogP contribution < -0.4 is 0 Å². The van der Waals surface area contributed by atoms with Gasteiger partial charge in [0.25, 0.3) is 0 Å². The highest BCUT2D eigenvalue weighted by Crippen LogP contribution is 2.13. The largest absolute Gasteiger partial charge is 0.295 e. The number of ketones is 1. The van der Waals surface area contributed by atoms with Crippen molar-refractivity contribution in [3.63, 3.8) is 0 Å². The topological polar surface area (TPSA) is 51.2 Å². The molecule has 1 rings (SSSR count). The van der Waals surface area contributed by atoms with E-state index in [1.165, 1.54) is 19.1 Å². The van der Waals surface area contributed by atoms with E-state index in [-0.39, 0.29) is 16.4 Å². The van der Waals surface area contributed by atoms with Crippen LogP contribution in [-0.4, -0.2) is 20.0 Å². The summed E-state index contributed by atoms with van der Waals surface area (Å²) < 4.78 is 23.3. The van der Waals surface area contributed by atoms with Gasteiger partial charge in [0.2, 0.25) is 0 Å². The van der Waals surface area contributed by atoms with Crippen LogP contribution in [0.4, 0.5) is 0 Å². The van der Waals surface area contributed by atoms with Crippen LogP contribution in [0, 0.1) is 0 Å². The van der Waals surface area contributed by atoms with Crippen LogP contribution in [0.25, 0.3) is 0 Å². The molecule has 0 fully saturated rings. The molecule has 1 aromatic rings. The zero-order chi connectivity index (χ0) is 11.5. The molecule has 15 heavy (non-hydrogen) atoms. The van der Waals surface area contributed by atoms with Crippen molar-refractivity contribution in [3.8, 4) is 0 Å². The maximum atomic E-state index is 11.6. The van der Waals surface area contributed by atoms with E-state index in [0.717, 1.165) is 0 Å². The highest BCUT2D eigenvalue weighted by molar-refractivity contribution is 7.91. The normalized spacial score (nSPS) is 11.3. The molecule has 0 saturated carbocycles. The maximum absolute atomic E-state index is 11.6. The van der Waals surface area contributed by atoms with Crippen LogP contribution in [0.1, 0.15) is 30.6 Å². The van der Waals surface area contributed by atoms with Gasteiger partial charge in [-0.3, -0.25) is 4.79 Å². The van der Waals surface area contributed by atoms with E-state index < -0.39 is 9.84 Å². The molecule has 0 N–H and O–H groups in total. The summed E-state index contributed by atoms with van der Waals surface area (Å²) in [5.74, 6) is 0.0846.